The Morgan fingerprint density at radius 3 is 2.33 bits per heavy atom. The van der Waals surface area contributed by atoms with Gasteiger partial charge in [-0.1, -0.05) is 39.0 Å². The summed E-state index contributed by atoms with van der Waals surface area (Å²) >= 11 is 0. The molecule has 0 bridgehead atoms. The Hall–Kier alpha value is -2.82. The first kappa shape index (κ1) is 21.9. The number of hydrogen-bond donors (Lipinski definition) is 2. The predicted octanol–water partition coefficient (Wildman–Crippen LogP) is 4.73. The highest BCUT2D eigenvalue weighted by Crippen LogP contribution is 2.23. The van der Waals surface area contributed by atoms with Crippen LogP contribution in [-0.4, -0.2) is 31.4 Å². The predicted molar refractivity (Wildman–Crippen MR) is 123 cm³/mol. The number of piperidine rings is 1. The summed E-state index contributed by atoms with van der Waals surface area (Å²) in [5.41, 5.74) is 3.80. The lowest BCUT2D eigenvalue weighted by atomic mass is 9.87. The van der Waals surface area contributed by atoms with E-state index in [4.69, 9.17) is 0 Å². The molecule has 0 spiro atoms. The largest absolute Gasteiger partial charge is 0.371 e. The van der Waals surface area contributed by atoms with Crippen molar-refractivity contribution in [2.24, 2.45) is 0 Å². The molecule has 5 heteroatoms. The van der Waals surface area contributed by atoms with Crippen LogP contribution in [0.4, 0.5) is 11.4 Å². The zero-order chi connectivity index (χ0) is 21.6. The highest BCUT2D eigenvalue weighted by molar-refractivity contribution is 5.95. The van der Waals surface area contributed by atoms with Crippen LogP contribution >= 0.6 is 0 Å². The first-order valence-electron chi connectivity index (χ1n) is 10.9. The molecular formula is C25H33N3O2. The lowest BCUT2D eigenvalue weighted by Crippen LogP contribution is -2.29. The maximum absolute atomic E-state index is 12.3. The van der Waals surface area contributed by atoms with E-state index in [0.29, 0.717) is 12.1 Å². The van der Waals surface area contributed by atoms with Gasteiger partial charge in [-0.2, -0.15) is 0 Å². The van der Waals surface area contributed by atoms with Crippen LogP contribution in [0.3, 0.4) is 0 Å². The molecule has 30 heavy (non-hydrogen) atoms. The molecular weight excluding hydrogens is 374 g/mol. The summed E-state index contributed by atoms with van der Waals surface area (Å²) in [7, 11) is 0. The Balaban J connectivity index is 1.46. The van der Waals surface area contributed by atoms with Crippen molar-refractivity contribution in [1.82, 2.24) is 5.32 Å². The number of hydrogen-bond acceptors (Lipinski definition) is 3. The molecule has 2 aromatic carbocycles. The molecule has 0 unspecified atom stereocenters. The number of nitrogens with one attached hydrogen (secondary N) is 2. The van der Waals surface area contributed by atoms with Gasteiger partial charge in [-0.25, -0.2) is 0 Å². The molecule has 1 heterocycles. The Morgan fingerprint density at radius 1 is 0.967 bits per heavy atom. The first-order chi connectivity index (χ1) is 14.3. The average molecular weight is 408 g/mol. The minimum Gasteiger partial charge on any atom is -0.371 e. The summed E-state index contributed by atoms with van der Waals surface area (Å²) in [4.78, 5) is 27.0. The summed E-state index contributed by atoms with van der Waals surface area (Å²) in [5, 5.41) is 5.77. The van der Waals surface area contributed by atoms with Crippen molar-refractivity contribution in [3.63, 3.8) is 0 Å². The van der Waals surface area contributed by atoms with Gasteiger partial charge in [-0.3, -0.25) is 9.59 Å². The molecule has 2 aromatic rings. The molecule has 1 aliphatic heterocycles. The summed E-state index contributed by atoms with van der Waals surface area (Å²) in [6.07, 6.45) is 3.96. The number of anilines is 2. The molecule has 0 aliphatic carbocycles. The minimum atomic E-state index is -0.157. The average Bonchev–Trinajstić information content (AvgIpc) is 2.74. The lowest BCUT2D eigenvalue weighted by Gasteiger charge is -2.29. The van der Waals surface area contributed by atoms with Crippen molar-refractivity contribution in [3.8, 4) is 0 Å². The van der Waals surface area contributed by atoms with E-state index in [1.165, 1.54) is 24.8 Å². The van der Waals surface area contributed by atoms with Gasteiger partial charge < -0.3 is 15.5 Å². The Labute approximate surface area is 179 Å². The van der Waals surface area contributed by atoms with Crippen LogP contribution in [0.1, 0.15) is 62.4 Å². The van der Waals surface area contributed by atoms with Crippen LogP contribution in [0.2, 0.25) is 0 Å². The van der Waals surface area contributed by atoms with Gasteiger partial charge in [0, 0.05) is 43.0 Å². The number of nitrogens with zero attached hydrogens (tertiary/aromatic N) is 1. The van der Waals surface area contributed by atoms with Crippen LogP contribution in [0.15, 0.2) is 48.5 Å². The van der Waals surface area contributed by atoms with Crippen molar-refractivity contribution < 1.29 is 9.59 Å². The van der Waals surface area contributed by atoms with Crippen LogP contribution in [0, 0.1) is 0 Å². The molecule has 5 nitrogen and oxygen atoms in total. The summed E-state index contributed by atoms with van der Waals surface area (Å²) in [6.45, 7) is 8.87. The van der Waals surface area contributed by atoms with Gasteiger partial charge in [0.25, 0.3) is 5.91 Å². The molecule has 1 saturated heterocycles. The van der Waals surface area contributed by atoms with Crippen molar-refractivity contribution in [1.29, 1.82) is 0 Å². The molecule has 0 radical (unpaired) electrons. The SMILES string of the molecule is CC(C)(C)c1ccc(C(=O)NCCC(=O)Nc2cccc(N3CCCCC3)c2)cc1. The minimum absolute atomic E-state index is 0.0540. The van der Waals surface area contributed by atoms with Gasteiger partial charge in [0.1, 0.15) is 0 Å². The maximum atomic E-state index is 12.3. The molecule has 2 N–H and O–H groups in total. The van der Waals surface area contributed by atoms with Gasteiger partial charge in [0.2, 0.25) is 5.91 Å². The van der Waals surface area contributed by atoms with Crippen LogP contribution < -0.4 is 15.5 Å². The highest BCUT2D eigenvalue weighted by Gasteiger charge is 2.15. The third kappa shape index (κ3) is 6.09. The topological polar surface area (TPSA) is 61.4 Å². The second-order valence-electron chi connectivity index (χ2n) is 8.98. The van der Waals surface area contributed by atoms with Crippen molar-refractivity contribution >= 4 is 23.2 Å². The van der Waals surface area contributed by atoms with E-state index in [9.17, 15) is 9.59 Å². The van der Waals surface area contributed by atoms with Crippen LogP contribution in [0.5, 0.6) is 0 Å². The molecule has 3 rings (SSSR count). The third-order valence-corrected chi connectivity index (χ3v) is 5.50. The van der Waals surface area contributed by atoms with E-state index in [1.54, 1.807) is 0 Å². The smallest absolute Gasteiger partial charge is 0.251 e. The van der Waals surface area contributed by atoms with E-state index in [-0.39, 0.29) is 23.7 Å². The van der Waals surface area contributed by atoms with Gasteiger partial charge in [-0.15, -0.1) is 0 Å². The van der Waals surface area contributed by atoms with Crippen LogP contribution in [-0.2, 0) is 10.2 Å². The fourth-order valence-corrected chi connectivity index (χ4v) is 3.67. The molecule has 1 aliphatic rings. The van der Waals surface area contributed by atoms with Crippen LogP contribution in [0.25, 0.3) is 0 Å². The van der Waals surface area contributed by atoms with E-state index in [0.717, 1.165) is 24.5 Å². The van der Waals surface area contributed by atoms with Crippen molar-refractivity contribution in [3.05, 3.63) is 59.7 Å². The van der Waals surface area contributed by atoms with E-state index in [1.807, 2.05) is 42.5 Å². The number of rotatable bonds is 6. The fourth-order valence-electron chi connectivity index (χ4n) is 3.67. The van der Waals surface area contributed by atoms with Gasteiger partial charge in [0.15, 0.2) is 0 Å². The Bertz CT molecular complexity index is 863. The molecule has 0 saturated carbocycles. The number of amides is 2. The Kier molecular flexibility index (Phi) is 7.14. The van der Waals surface area contributed by atoms with Gasteiger partial charge >= 0.3 is 0 Å². The standard InChI is InChI=1S/C25H33N3O2/c1-25(2,3)20-12-10-19(11-13-20)24(30)26-15-14-23(29)27-21-8-7-9-22(18-21)28-16-5-4-6-17-28/h7-13,18H,4-6,14-17H2,1-3H3,(H,26,30)(H,27,29). The first-order valence-corrected chi connectivity index (χ1v) is 10.9. The molecule has 160 valence electrons. The maximum Gasteiger partial charge on any atom is 0.251 e. The number of benzene rings is 2. The number of carbonyl (C=O) groups is 2. The van der Waals surface area contributed by atoms with E-state index >= 15 is 0 Å². The monoisotopic (exact) mass is 407 g/mol. The lowest BCUT2D eigenvalue weighted by molar-refractivity contribution is -0.116. The van der Waals surface area contributed by atoms with Gasteiger partial charge in [0.05, 0.1) is 0 Å². The molecule has 0 atom stereocenters. The second kappa shape index (κ2) is 9.79. The van der Waals surface area contributed by atoms with E-state index in [2.05, 4.69) is 42.4 Å². The molecule has 0 aromatic heterocycles. The Morgan fingerprint density at radius 2 is 1.67 bits per heavy atom. The quantitative estimate of drug-likeness (QED) is 0.727. The zero-order valence-corrected chi connectivity index (χ0v) is 18.3. The summed E-state index contributed by atoms with van der Waals surface area (Å²) < 4.78 is 0. The normalized spacial score (nSPS) is 14.3. The van der Waals surface area contributed by atoms with Crippen molar-refractivity contribution in [2.75, 3.05) is 29.9 Å². The zero-order valence-electron chi connectivity index (χ0n) is 18.3. The number of carbonyl (C=O) groups excluding carboxylic acids is 2. The summed E-state index contributed by atoms with van der Waals surface area (Å²) in [5.74, 6) is -0.260. The fraction of sp³-hybridized carbons (Fsp3) is 0.440. The van der Waals surface area contributed by atoms with E-state index < -0.39 is 0 Å². The second-order valence-corrected chi connectivity index (χ2v) is 8.98. The summed E-state index contributed by atoms with van der Waals surface area (Å²) in [6, 6.07) is 15.6. The third-order valence-electron chi connectivity index (χ3n) is 5.50. The van der Waals surface area contributed by atoms with Gasteiger partial charge in [-0.05, 0) is 60.6 Å². The van der Waals surface area contributed by atoms with Crippen molar-refractivity contribution in [2.45, 2.75) is 51.9 Å². The molecule has 2 amide bonds. The highest BCUT2D eigenvalue weighted by atomic mass is 16.2. The molecule has 1 fully saturated rings.